The summed E-state index contributed by atoms with van der Waals surface area (Å²) in [7, 11) is 0. The maximum atomic E-state index is 13.6. The molecule has 2 N–H and O–H groups in total. The molecule has 1 unspecified atom stereocenters. The van der Waals surface area contributed by atoms with E-state index in [4.69, 9.17) is 0 Å². The van der Waals surface area contributed by atoms with Crippen LogP contribution >= 0.6 is 0 Å². The minimum Gasteiger partial charge on any atom is -0.325 e. The first-order chi connectivity index (χ1) is 10.1. The molecule has 0 radical (unpaired) electrons. The van der Waals surface area contributed by atoms with Crippen molar-refractivity contribution in [3.05, 3.63) is 65.7 Å². The van der Waals surface area contributed by atoms with Crippen LogP contribution < -0.4 is 10.6 Å². The smallest absolute Gasteiger partial charge is 0.238 e. The van der Waals surface area contributed by atoms with Crippen LogP contribution in [-0.4, -0.2) is 12.5 Å². The average molecular weight is 290 g/mol. The van der Waals surface area contributed by atoms with Crippen molar-refractivity contribution in [1.29, 1.82) is 0 Å². The summed E-state index contributed by atoms with van der Waals surface area (Å²) in [6.07, 6.45) is 0. The van der Waals surface area contributed by atoms with Gasteiger partial charge in [0.05, 0.1) is 6.54 Å². The van der Waals surface area contributed by atoms with Crippen molar-refractivity contribution >= 4 is 11.6 Å². The quantitative estimate of drug-likeness (QED) is 0.887. The van der Waals surface area contributed by atoms with Gasteiger partial charge < -0.3 is 10.6 Å². The second-order valence-corrected chi connectivity index (χ2v) is 4.68. The zero-order valence-corrected chi connectivity index (χ0v) is 11.6. The van der Waals surface area contributed by atoms with Gasteiger partial charge in [0.15, 0.2) is 0 Å². The Labute approximate surface area is 122 Å². The van der Waals surface area contributed by atoms with E-state index in [1.165, 1.54) is 24.3 Å². The van der Waals surface area contributed by atoms with Gasteiger partial charge in [-0.25, -0.2) is 8.78 Å². The second kappa shape index (κ2) is 6.95. The number of anilines is 1. The molecule has 2 rings (SSSR count). The summed E-state index contributed by atoms with van der Waals surface area (Å²) in [4.78, 5) is 11.8. The summed E-state index contributed by atoms with van der Waals surface area (Å²) >= 11 is 0. The van der Waals surface area contributed by atoms with Gasteiger partial charge in [0.25, 0.3) is 0 Å². The van der Waals surface area contributed by atoms with E-state index in [-0.39, 0.29) is 24.3 Å². The van der Waals surface area contributed by atoms with E-state index in [1.807, 2.05) is 0 Å². The highest BCUT2D eigenvalue weighted by Gasteiger charge is 2.11. The molecular formula is C16H16F2N2O. The van der Waals surface area contributed by atoms with Gasteiger partial charge in [0.2, 0.25) is 5.91 Å². The molecule has 0 aliphatic carbocycles. The van der Waals surface area contributed by atoms with Gasteiger partial charge in [-0.15, -0.1) is 0 Å². The first-order valence-electron chi connectivity index (χ1n) is 6.59. The molecule has 0 spiro atoms. The fourth-order valence-electron chi connectivity index (χ4n) is 1.95. The van der Waals surface area contributed by atoms with Crippen molar-refractivity contribution in [2.45, 2.75) is 13.0 Å². The van der Waals surface area contributed by atoms with E-state index in [0.29, 0.717) is 11.3 Å². The van der Waals surface area contributed by atoms with E-state index >= 15 is 0 Å². The van der Waals surface area contributed by atoms with Crippen LogP contribution in [0.25, 0.3) is 0 Å². The highest BCUT2D eigenvalue weighted by molar-refractivity contribution is 5.92. The first kappa shape index (κ1) is 15.1. The fourth-order valence-corrected chi connectivity index (χ4v) is 1.95. The molecule has 2 aromatic rings. The van der Waals surface area contributed by atoms with Crippen molar-refractivity contribution in [1.82, 2.24) is 5.32 Å². The maximum Gasteiger partial charge on any atom is 0.238 e. The summed E-state index contributed by atoms with van der Waals surface area (Å²) in [5.41, 5.74) is 0.886. The van der Waals surface area contributed by atoms with Crippen molar-refractivity contribution < 1.29 is 13.6 Å². The number of carbonyl (C=O) groups is 1. The molecule has 0 saturated heterocycles. The molecule has 0 bridgehead atoms. The van der Waals surface area contributed by atoms with Crippen molar-refractivity contribution in [2.75, 3.05) is 11.9 Å². The molecule has 1 atom stereocenters. The van der Waals surface area contributed by atoms with E-state index in [9.17, 15) is 13.6 Å². The molecule has 1 amide bonds. The Bertz CT molecular complexity index is 631. The van der Waals surface area contributed by atoms with Crippen LogP contribution in [-0.2, 0) is 4.79 Å². The Morgan fingerprint density at radius 2 is 1.90 bits per heavy atom. The summed E-state index contributed by atoms with van der Waals surface area (Å²) in [5, 5.41) is 5.50. The SMILES string of the molecule is CC(NCC(=O)Nc1cccc(F)c1)c1ccccc1F. The Morgan fingerprint density at radius 3 is 2.62 bits per heavy atom. The minimum atomic E-state index is -0.416. The Morgan fingerprint density at radius 1 is 1.14 bits per heavy atom. The third-order valence-corrected chi connectivity index (χ3v) is 3.05. The van der Waals surface area contributed by atoms with E-state index in [1.54, 1.807) is 31.2 Å². The fraction of sp³-hybridized carbons (Fsp3) is 0.188. The predicted octanol–water partition coefficient (Wildman–Crippen LogP) is 3.25. The number of amides is 1. The molecule has 0 aliphatic rings. The number of nitrogens with one attached hydrogen (secondary N) is 2. The Hall–Kier alpha value is -2.27. The lowest BCUT2D eigenvalue weighted by Gasteiger charge is -2.14. The third kappa shape index (κ3) is 4.36. The van der Waals surface area contributed by atoms with Crippen LogP contribution in [0.1, 0.15) is 18.5 Å². The second-order valence-electron chi connectivity index (χ2n) is 4.68. The minimum absolute atomic E-state index is 0.00597. The topological polar surface area (TPSA) is 41.1 Å². The lowest BCUT2D eigenvalue weighted by atomic mass is 10.1. The number of benzene rings is 2. The van der Waals surface area contributed by atoms with Crippen molar-refractivity contribution in [3.63, 3.8) is 0 Å². The van der Waals surface area contributed by atoms with Crippen LogP contribution in [0.5, 0.6) is 0 Å². The molecule has 5 heteroatoms. The van der Waals surface area contributed by atoms with E-state index in [2.05, 4.69) is 10.6 Å². The number of carbonyl (C=O) groups excluding carboxylic acids is 1. The van der Waals surface area contributed by atoms with Crippen LogP contribution in [0.15, 0.2) is 48.5 Å². The molecule has 0 saturated carbocycles. The van der Waals surface area contributed by atoms with Crippen molar-refractivity contribution in [3.8, 4) is 0 Å². The summed E-state index contributed by atoms with van der Waals surface area (Å²) in [6, 6.07) is 11.7. The summed E-state index contributed by atoms with van der Waals surface area (Å²) in [5.74, 6) is -1.05. The molecule has 0 aliphatic heterocycles. The zero-order valence-electron chi connectivity index (χ0n) is 11.6. The summed E-state index contributed by atoms with van der Waals surface area (Å²) < 4.78 is 26.6. The molecule has 21 heavy (non-hydrogen) atoms. The van der Waals surface area contributed by atoms with Gasteiger partial charge >= 0.3 is 0 Å². The molecule has 0 fully saturated rings. The van der Waals surface area contributed by atoms with Gasteiger partial charge in [0.1, 0.15) is 11.6 Å². The lowest BCUT2D eigenvalue weighted by molar-refractivity contribution is -0.115. The lowest BCUT2D eigenvalue weighted by Crippen LogP contribution is -2.30. The molecular weight excluding hydrogens is 274 g/mol. The number of halogens is 2. The number of hydrogen-bond acceptors (Lipinski definition) is 2. The van der Waals surface area contributed by atoms with Gasteiger partial charge in [-0.1, -0.05) is 24.3 Å². The standard InChI is InChI=1S/C16H16F2N2O/c1-11(14-7-2-3-8-15(14)18)19-10-16(21)20-13-6-4-5-12(17)9-13/h2-9,11,19H,10H2,1H3,(H,20,21). The third-order valence-electron chi connectivity index (χ3n) is 3.05. The monoisotopic (exact) mass is 290 g/mol. The molecule has 2 aromatic carbocycles. The van der Waals surface area contributed by atoms with E-state index in [0.717, 1.165) is 0 Å². The molecule has 3 nitrogen and oxygen atoms in total. The van der Waals surface area contributed by atoms with Gasteiger partial charge in [-0.3, -0.25) is 4.79 Å². The number of hydrogen-bond donors (Lipinski definition) is 2. The van der Waals surface area contributed by atoms with Crippen LogP contribution in [0.2, 0.25) is 0 Å². The van der Waals surface area contributed by atoms with Crippen molar-refractivity contribution in [2.24, 2.45) is 0 Å². The number of rotatable bonds is 5. The average Bonchev–Trinajstić information content (AvgIpc) is 2.45. The highest BCUT2D eigenvalue weighted by atomic mass is 19.1. The molecule has 110 valence electrons. The van der Waals surface area contributed by atoms with Gasteiger partial charge in [0, 0.05) is 17.3 Å². The largest absolute Gasteiger partial charge is 0.325 e. The molecule has 0 aromatic heterocycles. The van der Waals surface area contributed by atoms with E-state index < -0.39 is 5.82 Å². The Kier molecular flexibility index (Phi) is 5.00. The normalized spacial score (nSPS) is 12.0. The highest BCUT2D eigenvalue weighted by Crippen LogP contribution is 2.15. The van der Waals surface area contributed by atoms with Crippen LogP contribution in [0.3, 0.4) is 0 Å². The van der Waals surface area contributed by atoms with Crippen LogP contribution in [0, 0.1) is 11.6 Å². The first-order valence-corrected chi connectivity index (χ1v) is 6.59. The summed E-state index contributed by atoms with van der Waals surface area (Å²) in [6.45, 7) is 1.78. The van der Waals surface area contributed by atoms with Gasteiger partial charge in [-0.2, -0.15) is 0 Å². The maximum absolute atomic E-state index is 13.6. The van der Waals surface area contributed by atoms with Crippen LogP contribution in [0.4, 0.5) is 14.5 Å². The zero-order chi connectivity index (χ0) is 15.2. The molecule has 0 heterocycles. The van der Waals surface area contributed by atoms with Gasteiger partial charge in [-0.05, 0) is 31.2 Å². The Balaban J connectivity index is 1.88. The predicted molar refractivity (Wildman–Crippen MR) is 77.8 cm³/mol.